The Kier molecular flexibility index (Phi) is 6.63. The van der Waals surface area contributed by atoms with Gasteiger partial charge in [0.25, 0.3) is 11.8 Å². The molecule has 1 aliphatic rings. The molecule has 2 atom stereocenters. The smallest absolute Gasteiger partial charge is 0.337 e. The molecule has 31 heavy (non-hydrogen) atoms. The molecule has 10 nitrogen and oxygen atoms in total. The van der Waals surface area contributed by atoms with E-state index in [1.54, 1.807) is 30.3 Å². The van der Waals surface area contributed by atoms with Crippen LogP contribution in [0.25, 0.3) is 0 Å². The fourth-order valence-electron chi connectivity index (χ4n) is 3.09. The number of ether oxygens (including phenoxy) is 2. The van der Waals surface area contributed by atoms with E-state index in [0.29, 0.717) is 16.9 Å². The summed E-state index contributed by atoms with van der Waals surface area (Å²) in [6.45, 7) is 0.289. The van der Waals surface area contributed by atoms with E-state index >= 15 is 0 Å². The molecule has 1 fully saturated rings. The zero-order chi connectivity index (χ0) is 22.5. The molecule has 0 spiro atoms. The minimum atomic E-state index is -1.76. The molecule has 0 aliphatic carbocycles. The number of anilines is 2. The van der Waals surface area contributed by atoms with Gasteiger partial charge in [0.2, 0.25) is 0 Å². The molecule has 3 rings (SSSR count). The van der Waals surface area contributed by atoms with Crippen molar-refractivity contribution in [3.63, 3.8) is 0 Å². The van der Waals surface area contributed by atoms with Crippen molar-refractivity contribution >= 4 is 35.0 Å². The number of amides is 2. The van der Waals surface area contributed by atoms with Gasteiger partial charge in [0.15, 0.2) is 12.2 Å². The van der Waals surface area contributed by atoms with Crippen LogP contribution in [-0.2, 0) is 19.1 Å². The van der Waals surface area contributed by atoms with Crippen molar-refractivity contribution in [2.45, 2.75) is 12.2 Å². The highest BCUT2D eigenvalue weighted by Gasteiger charge is 2.39. The topological polar surface area (TPSA) is 155 Å². The molecule has 0 aromatic heterocycles. The van der Waals surface area contributed by atoms with E-state index in [9.17, 15) is 19.5 Å². The first kappa shape index (κ1) is 21.9. The van der Waals surface area contributed by atoms with Gasteiger partial charge in [-0.25, -0.2) is 4.79 Å². The van der Waals surface area contributed by atoms with Crippen molar-refractivity contribution in [3.8, 4) is 0 Å². The normalized spacial score (nSPS) is 17.0. The van der Waals surface area contributed by atoms with Crippen LogP contribution in [0.4, 0.5) is 11.4 Å². The number of aliphatic hydroxyl groups excluding tert-OH is 1. The lowest BCUT2D eigenvalue weighted by Crippen LogP contribution is -2.55. The van der Waals surface area contributed by atoms with Crippen molar-refractivity contribution in [1.29, 1.82) is 5.41 Å². The van der Waals surface area contributed by atoms with Crippen LogP contribution in [0.2, 0.25) is 0 Å². The minimum absolute atomic E-state index is 0.0938. The van der Waals surface area contributed by atoms with Crippen molar-refractivity contribution in [2.24, 2.45) is 5.73 Å². The second-order valence-electron chi connectivity index (χ2n) is 6.75. The summed E-state index contributed by atoms with van der Waals surface area (Å²) in [5, 5.41) is 20.3. The number of nitrogens with one attached hydrogen (secondary N) is 2. The third-order valence-electron chi connectivity index (χ3n) is 4.72. The van der Waals surface area contributed by atoms with E-state index in [0.717, 1.165) is 0 Å². The molecule has 1 heterocycles. The van der Waals surface area contributed by atoms with Crippen LogP contribution >= 0.6 is 0 Å². The Hall–Kier alpha value is -3.76. The quantitative estimate of drug-likeness (QED) is 0.298. The van der Waals surface area contributed by atoms with Gasteiger partial charge in [0, 0.05) is 23.5 Å². The Bertz CT molecular complexity index is 1010. The van der Waals surface area contributed by atoms with Gasteiger partial charge in [-0.05, 0) is 42.5 Å². The summed E-state index contributed by atoms with van der Waals surface area (Å²) in [6, 6.07) is 12.4. The summed E-state index contributed by atoms with van der Waals surface area (Å²) in [5.74, 6) is -2.09. The Balaban J connectivity index is 1.72. The molecule has 0 radical (unpaired) electrons. The molecule has 0 saturated carbocycles. The minimum Gasteiger partial charge on any atom is -0.465 e. The molecule has 162 valence electrons. The van der Waals surface area contributed by atoms with E-state index in [2.05, 4.69) is 5.32 Å². The zero-order valence-corrected chi connectivity index (χ0v) is 16.7. The van der Waals surface area contributed by atoms with Crippen molar-refractivity contribution in [2.75, 3.05) is 30.5 Å². The van der Waals surface area contributed by atoms with Crippen LogP contribution < -0.4 is 16.0 Å². The summed E-state index contributed by atoms with van der Waals surface area (Å²) in [6.07, 6.45) is -3.17. The van der Waals surface area contributed by atoms with E-state index in [4.69, 9.17) is 20.6 Å². The molecule has 2 amide bonds. The Morgan fingerprint density at radius 3 is 2.61 bits per heavy atom. The lowest BCUT2D eigenvalue weighted by atomic mass is 10.1. The standard InChI is InChI=1S/C21H22N4O6/c1-30-21(29)13-3-2-4-15(11-13)25-9-10-31-17(20(25)28)16(26)19(27)24-14-7-5-12(6-8-14)18(22)23/h2-8,11,16-17,26H,9-10H2,1H3,(H3,22,23)(H,24,27)/t16-,17-/m1/s1. The second-order valence-corrected chi connectivity index (χ2v) is 6.75. The van der Waals surface area contributed by atoms with Gasteiger partial charge in [0.1, 0.15) is 5.84 Å². The number of methoxy groups -OCH3 is 1. The number of aliphatic hydroxyl groups is 1. The molecule has 1 aliphatic heterocycles. The van der Waals surface area contributed by atoms with E-state index < -0.39 is 30.0 Å². The Labute approximate surface area is 178 Å². The molecule has 2 aromatic carbocycles. The van der Waals surface area contributed by atoms with Crippen LogP contribution in [0.1, 0.15) is 15.9 Å². The molecular weight excluding hydrogens is 404 g/mol. The number of nitrogen functional groups attached to an aromatic ring is 1. The number of esters is 1. The molecule has 5 N–H and O–H groups in total. The van der Waals surface area contributed by atoms with Crippen molar-refractivity contribution < 1.29 is 29.0 Å². The third kappa shape index (κ3) is 4.87. The number of morpholine rings is 1. The highest BCUT2D eigenvalue weighted by atomic mass is 16.5. The van der Waals surface area contributed by atoms with Gasteiger partial charge in [-0.3, -0.25) is 15.0 Å². The van der Waals surface area contributed by atoms with Crippen LogP contribution in [0.3, 0.4) is 0 Å². The summed E-state index contributed by atoms with van der Waals surface area (Å²) < 4.78 is 10.1. The molecule has 2 aromatic rings. The maximum Gasteiger partial charge on any atom is 0.337 e. The largest absolute Gasteiger partial charge is 0.465 e. The van der Waals surface area contributed by atoms with Crippen molar-refractivity contribution in [1.82, 2.24) is 0 Å². The fourth-order valence-corrected chi connectivity index (χ4v) is 3.09. The number of hydrogen-bond acceptors (Lipinski definition) is 7. The number of nitrogens with zero attached hydrogens (tertiary/aromatic N) is 1. The first-order valence-corrected chi connectivity index (χ1v) is 9.36. The van der Waals surface area contributed by atoms with Crippen LogP contribution in [-0.4, -0.2) is 61.2 Å². The summed E-state index contributed by atoms with van der Waals surface area (Å²) >= 11 is 0. The van der Waals surface area contributed by atoms with E-state index in [1.807, 2.05) is 0 Å². The van der Waals surface area contributed by atoms with Crippen LogP contribution in [0, 0.1) is 5.41 Å². The number of nitrogens with two attached hydrogens (primary N) is 1. The van der Waals surface area contributed by atoms with Gasteiger partial charge < -0.3 is 30.5 Å². The molecule has 10 heteroatoms. The summed E-state index contributed by atoms with van der Waals surface area (Å²) in [5.41, 5.74) is 6.93. The average molecular weight is 426 g/mol. The highest BCUT2D eigenvalue weighted by Crippen LogP contribution is 2.22. The maximum atomic E-state index is 12.9. The summed E-state index contributed by atoms with van der Waals surface area (Å²) in [4.78, 5) is 38.5. The average Bonchev–Trinajstić information content (AvgIpc) is 2.78. The first-order chi connectivity index (χ1) is 14.8. The highest BCUT2D eigenvalue weighted by molar-refractivity contribution is 6.04. The molecule has 1 saturated heterocycles. The maximum absolute atomic E-state index is 12.9. The van der Waals surface area contributed by atoms with E-state index in [-0.39, 0.29) is 24.6 Å². The third-order valence-corrected chi connectivity index (χ3v) is 4.72. The van der Waals surface area contributed by atoms with Crippen LogP contribution in [0.5, 0.6) is 0 Å². The number of amidine groups is 1. The Morgan fingerprint density at radius 2 is 1.97 bits per heavy atom. The number of carbonyl (C=O) groups is 3. The number of rotatable bonds is 6. The van der Waals surface area contributed by atoms with Gasteiger partial charge in [-0.1, -0.05) is 6.07 Å². The van der Waals surface area contributed by atoms with Crippen molar-refractivity contribution in [3.05, 3.63) is 59.7 Å². The number of carbonyl (C=O) groups excluding carboxylic acids is 3. The molecule has 0 unspecified atom stereocenters. The fraction of sp³-hybridized carbons (Fsp3) is 0.238. The van der Waals surface area contributed by atoms with Gasteiger partial charge in [-0.15, -0.1) is 0 Å². The lowest BCUT2D eigenvalue weighted by molar-refractivity contribution is -0.150. The lowest BCUT2D eigenvalue weighted by Gasteiger charge is -2.34. The summed E-state index contributed by atoms with van der Waals surface area (Å²) in [7, 11) is 1.26. The predicted octanol–water partition coefficient (Wildman–Crippen LogP) is 0.489. The molecule has 0 bridgehead atoms. The molecular formula is C21H22N4O6. The van der Waals surface area contributed by atoms with Crippen LogP contribution in [0.15, 0.2) is 48.5 Å². The Morgan fingerprint density at radius 1 is 1.26 bits per heavy atom. The van der Waals surface area contributed by atoms with E-state index in [1.165, 1.54) is 30.2 Å². The number of benzene rings is 2. The first-order valence-electron chi connectivity index (χ1n) is 9.36. The van der Waals surface area contributed by atoms with Gasteiger partial charge >= 0.3 is 5.97 Å². The second kappa shape index (κ2) is 9.37. The zero-order valence-electron chi connectivity index (χ0n) is 16.7. The van der Waals surface area contributed by atoms with Gasteiger partial charge in [0.05, 0.1) is 19.3 Å². The SMILES string of the molecule is COC(=O)c1cccc(N2CCO[C@H]([C@@H](O)C(=O)Nc3ccc(C(=N)N)cc3)C2=O)c1. The monoisotopic (exact) mass is 426 g/mol. The van der Waals surface area contributed by atoms with Gasteiger partial charge in [-0.2, -0.15) is 0 Å². The number of hydrogen-bond donors (Lipinski definition) is 4. The predicted molar refractivity (Wildman–Crippen MR) is 112 cm³/mol.